The molecular weight excluding hydrogens is 286 g/mol. The predicted molar refractivity (Wildman–Crippen MR) is 75.0 cm³/mol. The average molecular weight is 305 g/mol. The molecule has 0 heterocycles. The molecule has 0 saturated heterocycles. The van der Waals surface area contributed by atoms with Gasteiger partial charge in [0.15, 0.2) is 0 Å². The second-order valence-corrected chi connectivity index (χ2v) is 5.77. The second-order valence-electron chi connectivity index (χ2n) is 4.48. The third-order valence-corrected chi connectivity index (χ3v) is 3.64. The molecule has 3 heteroatoms. The van der Waals surface area contributed by atoms with Gasteiger partial charge in [-0.3, -0.25) is 0 Å². The van der Waals surface area contributed by atoms with E-state index in [-0.39, 0.29) is 0 Å². The Morgan fingerprint density at radius 2 is 2.00 bits per heavy atom. The summed E-state index contributed by atoms with van der Waals surface area (Å²) < 4.78 is 1.09. The zero-order valence-electron chi connectivity index (χ0n) is 10.1. The first kappa shape index (κ1) is 14.0. The van der Waals surface area contributed by atoms with Crippen LogP contribution in [0, 0.1) is 5.92 Å². The Morgan fingerprint density at radius 3 is 2.50 bits per heavy atom. The molecule has 1 aromatic rings. The van der Waals surface area contributed by atoms with Gasteiger partial charge >= 0.3 is 0 Å². The van der Waals surface area contributed by atoms with Crippen molar-refractivity contribution in [3.05, 3.63) is 33.3 Å². The summed E-state index contributed by atoms with van der Waals surface area (Å²) in [4.78, 5) is 0. The monoisotopic (exact) mass is 303 g/mol. The van der Waals surface area contributed by atoms with E-state index in [1.165, 1.54) is 12.0 Å². The van der Waals surface area contributed by atoms with Crippen molar-refractivity contribution in [1.29, 1.82) is 0 Å². The highest BCUT2D eigenvalue weighted by Gasteiger charge is 2.13. The number of benzene rings is 1. The average Bonchev–Trinajstić information content (AvgIpc) is 2.21. The molecule has 90 valence electrons. The van der Waals surface area contributed by atoms with Gasteiger partial charge in [-0.25, -0.2) is 0 Å². The summed E-state index contributed by atoms with van der Waals surface area (Å²) in [5, 5.41) is 4.13. The van der Waals surface area contributed by atoms with Gasteiger partial charge in [-0.1, -0.05) is 47.4 Å². The second kappa shape index (κ2) is 6.63. The first-order chi connectivity index (χ1) is 7.54. The van der Waals surface area contributed by atoms with Gasteiger partial charge in [0, 0.05) is 15.5 Å². The summed E-state index contributed by atoms with van der Waals surface area (Å²) in [5.41, 5.74) is 1.28. The maximum absolute atomic E-state index is 5.94. The van der Waals surface area contributed by atoms with E-state index < -0.39 is 0 Å². The van der Waals surface area contributed by atoms with Crippen molar-refractivity contribution in [1.82, 2.24) is 5.32 Å². The molecule has 0 bridgehead atoms. The Balaban J connectivity index is 2.78. The minimum atomic E-state index is 0.397. The van der Waals surface area contributed by atoms with Crippen molar-refractivity contribution in [3.8, 4) is 0 Å². The van der Waals surface area contributed by atoms with Gasteiger partial charge in [-0.05, 0) is 43.5 Å². The lowest BCUT2D eigenvalue weighted by atomic mass is 9.98. The third-order valence-electron chi connectivity index (χ3n) is 2.72. The standard InChI is InChI=1S/C13H19BrClN/c1-9(2)4-7-13(16-3)11-6-5-10(15)8-12(11)14/h5-6,8-9,13,16H,4,7H2,1-3H3. The molecule has 0 aliphatic heterocycles. The molecule has 0 aromatic heterocycles. The Labute approximate surface area is 112 Å². The van der Waals surface area contributed by atoms with Crippen molar-refractivity contribution in [2.45, 2.75) is 32.7 Å². The van der Waals surface area contributed by atoms with Gasteiger partial charge in [-0.2, -0.15) is 0 Å². The van der Waals surface area contributed by atoms with Crippen LogP contribution in [-0.4, -0.2) is 7.05 Å². The maximum Gasteiger partial charge on any atom is 0.0417 e. The maximum atomic E-state index is 5.94. The van der Waals surface area contributed by atoms with Crippen molar-refractivity contribution >= 4 is 27.5 Å². The molecule has 0 aliphatic rings. The number of halogens is 2. The molecule has 1 N–H and O–H groups in total. The van der Waals surface area contributed by atoms with Gasteiger partial charge in [0.2, 0.25) is 0 Å². The molecule has 1 atom stereocenters. The van der Waals surface area contributed by atoms with Crippen molar-refractivity contribution in [2.24, 2.45) is 5.92 Å². The molecule has 0 aliphatic carbocycles. The largest absolute Gasteiger partial charge is 0.313 e. The fraction of sp³-hybridized carbons (Fsp3) is 0.538. The summed E-state index contributed by atoms with van der Waals surface area (Å²) in [6.45, 7) is 4.51. The molecular formula is C13H19BrClN. The molecule has 0 saturated carbocycles. The molecule has 1 unspecified atom stereocenters. The molecule has 1 rings (SSSR count). The van der Waals surface area contributed by atoms with Gasteiger partial charge in [0.25, 0.3) is 0 Å². The predicted octanol–water partition coefficient (Wildman–Crippen LogP) is 4.80. The first-order valence-corrected chi connectivity index (χ1v) is 6.84. The zero-order valence-corrected chi connectivity index (χ0v) is 12.4. The van der Waals surface area contributed by atoms with Crippen LogP contribution in [0.2, 0.25) is 5.02 Å². The van der Waals surface area contributed by atoms with Gasteiger partial charge < -0.3 is 5.32 Å². The molecule has 0 amide bonds. The number of rotatable bonds is 5. The summed E-state index contributed by atoms with van der Waals surface area (Å²) in [7, 11) is 2.01. The van der Waals surface area contributed by atoms with Gasteiger partial charge in [0.1, 0.15) is 0 Å². The minimum Gasteiger partial charge on any atom is -0.313 e. The Kier molecular flexibility index (Phi) is 5.81. The van der Waals surface area contributed by atoms with E-state index in [0.717, 1.165) is 21.8 Å². The van der Waals surface area contributed by atoms with Crippen LogP contribution in [-0.2, 0) is 0 Å². The normalized spacial score (nSPS) is 13.1. The minimum absolute atomic E-state index is 0.397. The Morgan fingerprint density at radius 1 is 1.31 bits per heavy atom. The van der Waals surface area contributed by atoms with E-state index >= 15 is 0 Å². The number of hydrogen-bond donors (Lipinski definition) is 1. The zero-order chi connectivity index (χ0) is 12.1. The van der Waals surface area contributed by atoms with E-state index in [4.69, 9.17) is 11.6 Å². The molecule has 1 aromatic carbocycles. The van der Waals surface area contributed by atoms with Crippen LogP contribution >= 0.6 is 27.5 Å². The van der Waals surface area contributed by atoms with Gasteiger partial charge in [-0.15, -0.1) is 0 Å². The van der Waals surface area contributed by atoms with E-state index in [1.54, 1.807) is 0 Å². The summed E-state index contributed by atoms with van der Waals surface area (Å²) in [6.07, 6.45) is 2.37. The summed E-state index contributed by atoms with van der Waals surface area (Å²) in [5.74, 6) is 0.738. The molecule has 1 nitrogen and oxygen atoms in total. The van der Waals surface area contributed by atoms with E-state index in [9.17, 15) is 0 Å². The van der Waals surface area contributed by atoms with Crippen LogP contribution in [0.1, 0.15) is 38.3 Å². The molecule has 16 heavy (non-hydrogen) atoms. The van der Waals surface area contributed by atoms with E-state index in [0.29, 0.717) is 6.04 Å². The highest BCUT2D eigenvalue weighted by molar-refractivity contribution is 9.10. The van der Waals surface area contributed by atoms with Crippen molar-refractivity contribution in [2.75, 3.05) is 7.05 Å². The number of nitrogens with one attached hydrogen (secondary N) is 1. The Bertz CT molecular complexity index is 339. The summed E-state index contributed by atoms with van der Waals surface area (Å²) >= 11 is 9.51. The van der Waals surface area contributed by atoms with Crippen LogP contribution in [0.25, 0.3) is 0 Å². The first-order valence-electron chi connectivity index (χ1n) is 5.66. The van der Waals surface area contributed by atoms with E-state index in [1.807, 2.05) is 19.2 Å². The van der Waals surface area contributed by atoms with E-state index in [2.05, 4.69) is 41.2 Å². The highest BCUT2D eigenvalue weighted by Crippen LogP contribution is 2.29. The Hall–Kier alpha value is -0.0500. The lowest BCUT2D eigenvalue weighted by molar-refractivity contribution is 0.464. The smallest absolute Gasteiger partial charge is 0.0417 e. The molecule has 0 radical (unpaired) electrons. The van der Waals surface area contributed by atoms with Crippen molar-refractivity contribution < 1.29 is 0 Å². The SMILES string of the molecule is CNC(CCC(C)C)c1ccc(Cl)cc1Br. The molecule has 0 fully saturated rings. The van der Waals surface area contributed by atoms with Crippen LogP contribution in [0.15, 0.2) is 22.7 Å². The van der Waals surface area contributed by atoms with Gasteiger partial charge in [0.05, 0.1) is 0 Å². The lowest BCUT2D eigenvalue weighted by Gasteiger charge is -2.19. The number of hydrogen-bond acceptors (Lipinski definition) is 1. The topological polar surface area (TPSA) is 12.0 Å². The van der Waals surface area contributed by atoms with Crippen molar-refractivity contribution in [3.63, 3.8) is 0 Å². The van der Waals surface area contributed by atoms with Crippen LogP contribution in [0.4, 0.5) is 0 Å². The third kappa shape index (κ3) is 4.08. The van der Waals surface area contributed by atoms with Crippen LogP contribution in [0.3, 0.4) is 0 Å². The fourth-order valence-electron chi connectivity index (χ4n) is 1.74. The lowest BCUT2D eigenvalue weighted by Crippen LogP contribution is -2.17. The summed E-state index contributed by atoms with van der Waals surface area (Å²) in [6, 6.07) is 6.39. The van der Waals surface area contributed by atoms with Crippen LogP contribution < -0.4 is 5.32 Å². The fourth-order valence-corrected chi connectivity index (χ4v) is 2.70. The molecule has 0 spiro atoms. The highest BCUT2D eigenvalue weighted by atomic mass is 79.9. The van der Waals surface area contributed by atoms with Crippen LogP contribution in [0.5, 0.6) is 0 Å². The quantitative estimate of drug-likeness (QED) is 0.824.